The third-order valence-corrected chi connectivity index (χ3v) is 6.33. The quantitative estimate of drug-likeness (QED) is 0.456. The van der Waals surface area contributed by atoms with Gasteiger partial charge in [-0.15, -0.1) is 0 Å². The molecule has 26 heavy (non-hydrogen) atoms. The topological polar surface area (TPSA) is 40.0 Å². The molecule has 1 atom stereocenters. The van der Waals surface area contributed by atoms with Crippen molar-refractivity contribution in [2.24, 2.45) is 10.6 Å². The van der Waals surface area contributed by atoms with Crippen LogP contribution in [0.2, 0.25) is 24.7 Å². The molecule has 0 amide bonds. The summed E-state index contributed by atoms with van der Waals surface area (Å²) in [6.45, 7) is 9.05. The van der Waals surface area contributed by atoms with Crippen LogP contribution in [0.4, 0.5) is 0 Å². The smallest absolute Gasteiger partial charge is 0.347 e. The maximum atomic E-state index is 6.57. The summed E-state index contributed by atoms with van der Waals surface area (Å²) in [6.07, 6.45) is 6.46. The van der Waals surface area contributed by atoms with Gasteiger partial charge in [-0.2, -0.15) is 0 Å². The van der Waals surface area contributed by atoms with Crippen LogP contribution in [0.15, 0.2) is 29.4 Å². The van der Waals surface area contributed by atoms with Gasteiger partial charge in [0.25, 0.3) is 0 Å². The molecule has 1 saturated carbocycles. The molecule has 0 radical (unpaired) electrons. The highest BCUT2D eigenvalue weighted by atomic mass is 35.5. The Morgan fingerprint density at radius 3 is 2.35 bits per heavy atom. The molecular formula is C20H30ClNO3Si. The van der Waals surface area contributed by atoms with Gasteiger partial charge < -0.3 is 14.0 Å². The minimum atomic E-state index is -1.91. The SMILES string of the molecule is CCOC1(O[Si](C)(C)C)ON=C(c2ccc(Cl)cc2)CC12CCCCC2. The Bertz CT molecular complexity index is 650. The van der Waals surface area contributed by atoms with Crippen molar-refractivity contribution in [1.82, 2.24) is 0 Å². The minimum Gasteiger partial charge on any atom is -0.358 e. The number of halogens is 1. The van der Waals surface area contributed by atoms with Gasteiger partial charge in [-0.25, -0.2) is 0 Å². The highest BCUT2D eigenvalue weighted by molar-refractivity contribution is 6.69. The summed E-state index contributed by atoms with van der Waals surface area (Å²) >= 11 is 6.05. The van der Waals surface area contributed by atoms with Gasteiger partial charge in [-0.3, -0.25) is 0 Å². The van der Waals surface area contributed by atoms with Crippen molar-refractivity contribution in [3.8, 4) is 0 Å². The number of benzene rings is 1. The summed E-state index contributed by atoms with van der Waals surface area (Å²) in [5.41, 5.74) is 1.81. The molecule has 1 fully saturated rings. The van der Waals surface area contributed by atoms with E-state index >= 15 is 0 Å². The number of rotatable bonds is 5. The lowest BCUT2D eigenvalue weighted by molar-refractivity contribution is -0.411. The van der Waals surface area contributed by atoms with Gasteiger partial charge in [0.2, 0.25) is 0 Å². The van der Waals surface area contributed by atoms with Gasteiger partial charge in [0, 0.05) is 11.4 Å². The van der Waals surface area contributed by atoms with Crippen LogP contribution in [0.1, 0.15) is 51.0 Å². The van der Waals surface area contributed by atoms with E-state index in [0.29, 0.717) is 6.61 Å². The molecular weight excluding hydrogens is 366 g/mol. The fraction of sp³-hybridized carbons (Fsp3) is 0.650. The van der Waals surface area contributed by atoms with Gasteiger partial charge in [0.1, 0.15) is 0 Å². The fourth-order valence-electron chi connectivity index (χ4n) is 4.11. The van der Waals surface area contributed by atoms with Gasteiger partial charge in [-0.05, 0) is 57.1 Å². The lowest BCUT2D eigenvalue weighted by atomic mass is 9.67. The zero-order valence-electron chi connectivity index (χ0n) is 16.3. The van der Waals surface area contributed by atoms with Crippen molar-refractivity contribution < 1.29 is 14.0 Å². The van der Waals surface area contributed by atoms with Crippen LogP contribution < -0.4 is 0 Å². The molecule has 1 aliphatic carbocycles. The average Bonchev–Trinajstić information content (AvgIpc) is 2.58. The Labute approximate surface area is 163 Å². The molecule has 4 nitrogen and oxygen atoms in total. The summed E-state index contributed by atoms with van der Waals surface area (Å²) in [4.78, 5) is 6.12. The number of nitrogens with zero attached hydrogens (tertiary/aromatic N) is 1. The standard InChI is InChI=1S/C20H30ClNO3Si/c1-5-23-20(25-26(2,3)4)19(13-7-6-8-14-19)15-18(22-24-20)16-9-11-17(21)12-10-16/h9-12H,5-8,13-15H2,1-4H3. The predicted octanol–water partition coefficient (Wildman–Crippen LogP) is 5.96. The first-order chi connectivity index (χ1) is 12.3. The van der Waals surface area contributed by atoms with Gasteiger partial charge in [0.05, 0.1) is 17.7 Å². The largest absolute Gasteiger partial charge is 0.358 e. The van der Waals surface area contributed by atoms with Crippen molar-refractivity contribution in [2.75, 3.05) is 6.61 Å². The molecule has 1 unspecified atom stereocenters. The van der Waals surface area contributed by atoms with Gasteiger partial charge in [0.15, 0.2) is 8.32 Å². The van der Waals surface area contributed by atoms with E-state index < -0.39 is 14.3 Å². The Balaban J connectivity index is 2.01. The van der Waals surface area contributed by atoms with E-state index in [1.807, 2.05) is 31.2 Å². The van der Waals surface area contributed by atoms with Crippen molar-refractivity contribution in [1.29, 1.82) is 0 Å². The molecule has 2 aliphatic rings. The highest BCUT2D eigenvalue weighted by Crippen LogP contribution is 2.54. The van der Waals surface area contributed by atoms with Crippen LogP contribution in [-0.2, 0) is 14.0 Å². The molecule has 1 aromatic rings. The average molecular weight is 396 g/mol. The predicted molar refractivity (Wildman–Crippen MR) is 108 cm³/mol. The Morgan fingerprint density at radius 1 is 1.12 bits per heavy atom. The molecule has 1 aliphatic heterocycles. The van der Waals surface area contributed by atoms with Crippen molar-refractivity contribution in [3.63, 3.8) is 0 Å². The van der Waals surface area contributed by atoms with Crippen LogP contribution in [0.25, 0.3) is 0 Å². The van der Waals surface area contributed by atoms with Crippen LogP contribution >= 0.6 is 11.6 Å². The number of hydrogen-bond acceptors (Lipinski definition) is 4. The van der Waals surface area contributed by atoms with E-state index in [4.69, 9.17) is 25.6 Å². The van der Waals surface area contributed by atoms with Crippen molar-refractivity contribution in [3.05, 3.63) is 34.9 Å². The zero-order chi connectivity index (χ0) is 18.8. The summed E-state index contributed by atoms with van der Waals surface area (Å²) in [5, 5.41) is 5.21. The Hall–Kier alpha value is -0.883. The number of oxime groups is 1. The van der Waals surface area contributed by atoms with E-state index in [2.05, 4.69) is 24.8 Å². The van der Waals surface area contributed by atoms with Gasteiger partial charge >= 0.3 is 5.97 Å². The Kier molecular flexibility index (Phi) is 5.82. The minimum absolute atomic E-state index is 0.196. The molecule has 1 aromatic carbocycles. The molecule has 1 spiro atoms. The zero-order valence-corrected chi connectivity index (χ0v) is 18.1. The van der Waals surface area contributed by atoms with E-state index in [1.54, 1.807) is 0 Å². The molecule has 0 bridgehead atoms. The van der Waals surface area contributed by atoms with Crippen LogP contribution in [0, 0.1) is 5.41 Å². The molecule has 0 saturated heterocycles. The van der Waals surface area contributed by atoms with Crippen molar-refractivity contribution >= 4 is 25.6 Å². The Morgan fingerprint density at radius 2 is 1.77 bits per heavy atom. The second-order valence-corrected chi connectivity index (χ2v) is 13.2. The van der Waals surface area contributed by atoms with E-state index in [1.165, 1.54) is 19.3 Å². The molecule has 144 valence electrons. The van der Waals surface area contributed by atoms with E-state index in [9.17, 15) is 0 Å². The normalized spacial score (nSPS) is 25.7. The molecule has 0 N–H and O–H groups in total. The first-order valence-electron chi connectivity index (χ1n) is 9.64. The second kappa shape index (κ2) is 7.62. The summed E-state index contributed by atoms with van der Waals surface area (Å²) < 4.78 is 12.8. The lowest BCUT2D eigenvalue weighted by Crippen LogP contribution is -2.61. The van der Waals surface area contributed by atoms with E-state index in [-0.39, 0.29) is 5.41 Å². The van der Waals surface area contributed by atoms with Crippen LogP contribution in [0.5, 0.6) is 0 Å². The van der Waals surface area contributed by atoms with Crippen LogP contribution in [0.3, 0.4) is 0 Å². The lowest BCUT2D eigenvalue weighted by Gasteiger charge is -2.52. The molecule has 3 rings (SSSR count). The third-order valence-electron chi connectivity index (χ3n) is 5.19. The third kappa shape index (κ3) is 4.01. The first-order valence-corrected chi connectivity index (χ1v) is 13.4. The van der Waals surface area contributed by atoms with Gasteiger partial charge in [-0.1, -0.05) is 48.2 Å². The molecule has 0 aromatic heterocycles. The maximum absolute atomic E-state index is 6.57. The highest BCUT2D eigenvalue weighted by Gasteiger charge is 2.61. The summed E-state index contributed by atoms with van der Waals surface area (Å²) in [7, 11) is -1.91. The summed E-state index contributed by atoms with van der Waals surface area (Å²) in [6, 6.07) is 7.81. The van der Waals surface area contributed by atoms with E-state index in [0.717, 1.165) is 35.6 Å². The summed E-state index contributed by atoms with van der Waals surface area (Å²) in [5.74, 6) is -1.07. The van der Waals surface area contributed by atoms with Crippen LogP contribution in [-0.4, -0.2) is 26.6 Å². The fourth-order valence-corrected chi connectivity index (χ4v) is 5.36. The first kappa shape index (κ1) is 19.9. The monoisotopic (exact) mass is 395 g/mol. The van der Waals surface area contributed by atoms with Crippen molar-refractivity contribution in [2.45, 2.75) is 71.1 Å². The number of hydrogen-bond donors (Lipinski definition) is 0. The second-order valence-electron chi connectivity index (χ2n) is 8.36. The number of ether oxygens (including phenoxy) is 1. The molecule has 1 heterocycles. The molecule has 6 heteroatoms. The maximum Gasteiger partial charge on any atom is 0.347 e.